The Balaban J connectivity index is 2.06. The molecular weight excluding hydrogens is 458 g/mol. The summed E-state index contributed by atoms with van der Waals surface area (Å²) in [5, 5.41) is 32.7. The zero-order chi connectivity index (χ0) is 23.1. The van der Waals surface area contributed by atoms with Gasteiger partial charge in [-0.2, -0.15) is 16.8 Å². The molecule has 0 amide bonds. The van der Waals surface area contributed by atoms with Gasteiger partial charge in [0.25, 0.3) is 15.8 Å². The van der Waals surface area contributed by atoms with Gasteiger partial charge in [0.2, 0.25) is 0 Å². The molecule has 15 heteroatoms. The normalized spacial score (nSPS) is 11.9. The van der Waals surface area contributed by atoms with Crippen molar-refractivity contribution in [3.05, 3.63) is 52.6 Å². The summed E-state index contributed by atoms with van der Waals surface area (Å²) >= 11 is 0. The fourth-order valence-electron chi connectivity index (χ4n) is 2.75. The van der Waals surface area contributed by atoms with Crippen LogP contribution in [-0.4, -0.2) is 36.0 Å². The smallest absolute Gasteiger partial charge is 0.301 e. The summed E-state index contributed by atoms with van der Waals surface area (Å²) in [5.74, 6) is -1.35. The number of fused-ring (bicyclic) bond motifs is 1. The van der Waals surface area contributed by atoms with Gasteiger partial charge in [0, 0.05) is 22.9 Å². The number of rotatable bonds is 6. The Hall–Kier alpha value is -3.66. The number of nitro groups is 1. The maximum Gasteiger partial charge on any atom is 0.301 e. The van der Waals surface area contributed by atoms with E-state index in [1.165, 1.54) is 6.07 Å². The molecule has 0 saturated heterocycles. The third-order valence-electron chi connectivity index (χ3n) is 4.10. The second-order valence-electron chi connectivity index (χ2n) is 6.12. The lowest BCUT2D eigenvalue weighted by atomic mass is 10.1. The van der Waals surface area contributed by atoms with Gasteiger partial charge in [-0.3, -0.25) is 19.2 Å². The van der Waals surface area contributed by atoms with Gasteiger partial charge in [-0.25, -0.2) is 0 Å². The van der Waals surface area contributed by atoms with E-state index >= 15 is 0 Å². The number of anilines is 2. The average molecular weight is 470 g/mol. The summed E-state index contributed by atoms with van der Waals surface area (Å²) in [4.78, 5) is 8.29. The highest BCUT2D eigenvalue weighted by atomic mass is 32.2. The van der Waals surface area contributed by atoms with Gasteiger partial charge < -0.3 is 21.1 Å². The Bertz CT molecular complexity index is 1440. The second kappa shape index (κ2) is 7.55. The quantitative estimate of drug-likeness (QED) is 0.196. The zero-order valence-corrected chi connectivity index (χ0v) is 16.6. The maximum atomic E-state index is 12.1. The molecule has 0 unspecified atom stereocenters. The van der Waals surface area contributed by atoms with E-state index in [9.17, 15) is 46.3 Å². The van der Waals surface area contributed by atoms with Crippen molar-refractivity contribution in [2.24, 2.45) is 0 Å². The lowest BCUT2D eigenvalue weighted by Gasteiger charge is -2.18. The van der Waals surface area contributed by atoms with Crippen LogP contribution in [0.2, 0.25) is 0 Å². The molecule has 0 fully saturated rings. The highest BCUT2D eigenvalue weighted by Gasteiger charge is 2.24. The molecule has 0 aliphatic carbocycles. The average Bonchev–Trinajstić information content (AvgIpc) is 2.65. The number of nitro benzene ring substituents is 1. The van der Waals surface area contributed by atoms with Gasteiger partial charge in [0.1, 0.15) is 5.75 Å². The fourth-order valence-corrected chi connectivity index (χ4v) is 3.96. The van der Waals surface area contributed by atoms with E-state index in [0.29, 0.717) is 6.07 Å². The van der Waals surface area contributed by atoms with Gasteiger partial charge in [-0.15, -0.1) is 0 Å². The number of nitrogens with one attached hydrogen (secondary N) is 2. The van der Waals surface area contributed by atoms with Crippen LogP contribution in [-0.2, 0) is 20.2 Å². The molecule has 13 nitrogen and oxygen atoms in total. The van der Waals surface area contributed by atoms with Gasteiger partial charge >= 0.3 is 10.1 Å². The first kappa shape index (κ1) is 22.0. The number of hydrazine groups is 1. The van der Waals surface area contributed by atoms with E-state index in [1.54, 1.807) is 0 Å². The molecule has 0 aromatic heterocycles. The molecule has 0 aliphatic heterocycles. The molecule has 3 aromatic rings. The number of nitrogens with zero attached hydrogens (tertiary/aromatic N) is 1. The molecule has 0 bridgehead atoms. The highest BCUT2D eigenvalue weighted by Crippen LogP contribution is 2.38. The van der Waals surface area contributed by atoms with E-state index in [2.05, 4.69) is 10.9 Å². The predicted molar refractivity (Wildman–Crippen MR) is 105 cm³/mol. The molecule has 0 spiro atoms. The van der Waals surface area contributed by atoms with Crippen LogP contribution in [0.4, 0.5) is 17.1 Å². The van der Waals surface area contributed by atoms with Crippen molar-refractivity contribution in [1.82, 2.24) is 0 Å². The molecule has 0 atom stereocenters. The van der Waals surface area contributed by atoms with Crippen LogP contribution in [0.3, 0.4) is 0 Å². The molecule has 0 heterocycles. The van der Waals surface area contributed by atoms with E-state index in [-0.39, 0.29) is 22.1 Å². The van der Waals surface area contributed by atoms with Crippen LogP contribution < -0.4 is 16.0 Å². The molecule has 3 aromatic carbocycles. The van der Waals surface area contributed by atoms with E-state index in [1.807, 2.05) is 0 Å². The topological polar surface area (TPSA) is 219 Å². The van der Waals surface area contributed by atoms with E-state index < -0.39 is 52.1 Å². The standard InChI is InChI=1S/C16H13N3O10S2/c20-13-4-2-11(10-6-9(30(24,25)26)7-14(21)16(10)13)18-17-8-1-3-12(19(22)23)15(5-8)31(27,28)29/h1-7,17-18,20-21H,(H,24,25,26)(H,27,28,29)/p-1. The Morgan fingerprint density at radius 2 is 1.58 bits per heavy atom. The molecule has 0 saturated carbocycles. The van der Waals surface area contributed by atoms with Crippen LogP contribution in [0.1, 0.15) is 0 Å². The van der Waals surface area contributed by atoms with Crippen LogP contribution in [0.5, 0.6) is 11.5 Å². The predicted octanol–water partition coefficient (Wildman–Crippen LogP) is 1.46. The Morgan fingerprint density at radius 3 is 2.16 bits per heavy atom. The molecule has 5 N–H and O–H groups in total. The first-order chi connectivity index (χ1) is 14.3. The summed E-state index contributed by atoms with van der Waals surface area (Å²) in [6.45, 7) is 0. The Morgan fingerprint density at radius 1 is 0.903 bits per heavy atom. The van der Waals surface area contributed by atoms with Crippen molar-refractivity contribution in [2.75, 3.05) is 10.9 Å². The fraction of sp³-hybridized carbons (Fsp3) is 0. The number of benzene rings is 3. The SMILES string of the molecule is O=[N+]([O-])c1ccc(NNc2ccc([O-])c3c(O)cc(S(=O)(=O)O)cc23)cc1S(=O)(=O)O. The summed E-state index contributed by atoms with van der Waals surface area (Å²) in [6, 6.07) is 6.60. The minimum absolute atomic E-state index is 0.0298. The van der Waals surface area contributed by atoms with E-state index in [4.69, 9.17) is 0 Å². The van der Waals surface area contributed by atoms with Crippen LogP contribution in [0, 0.1) is 10.1 Å². The van der Waals surface area contributed by atoms with E-state index in [0.717, 1.165) is 30.3 Å². The number of hydrogen-bond donors (Lipinski definition) is 5. The molecule has 0 aliphatic rings. The van der Waals surface area contributed by atoms with Crippen molar-refractivity contribution < 1.29 is 41.1 Å². The maximum absolute atomic E-state index is 12.1. The van der Waals surface area contributed by atoms with Gasteiger partial charge in [-0.1, -0.05) is 11.8 Å². The Kier molecular flexibility index (Phi) is 5.36. The van der Waals surface area contributed by atoms with Gasteiger partial charge in [0.05, 0.1) is 21.2 Å². The first-order valence-electron chi connectivity index (χ1n) is 8.01. The van der Waals surface area contributed by atoms with Crippen molar-refractivity contribution in [3.8, 4) is 11.5 Å². The molecule has 31 heavy (non-hydrogen) atoms. The lowest BCUT2D eigenvalue weighted by molar-refractivity contribution is -0.387. The number of phenolic OH excluding ortho intramolecular Hbond substituents is 1. The van der Waals surface area contributed by atoms with Crippen molar-refractivity contribution in [2.45, 2.75) is 9.79 Å². The summed E-state index contributed by atoms with van der Waals surface area (Å²) in [5.41, 5.74) is 4.13. The highest BCUT2D eigenvalue weighted by molar-refractivity contribution is 7.86. The number of hydrogen-bond acceptors (Lipinski definition) is 10. The third-order valence-corrected chi connectivity index (χ3v) is 5.82. The van der Waals surface area contributed by atoms with Gasteiger partial charge in [-0.05, 0) is 24.3 Å². The number of aromatic hydroxyl groups is 1. The molecule has 3 rings (SSSR count). The van der Waals surface area contributed by atoms with Crippen LogP contribution in [0.15, 0.2) is 52.3 Å². The van der Waals surface area contributed by atoms with Crippen LogP contribution >= 0.6 is 0 Å². The third kappa shape index (κ3) is 4.43. The second-order valence-corrected chi connectivity index (χ2v) is 8.93. The first-order valence-corrected chi connectivity index (χ1v) is 10.9. The minimum atomic E-state index is -4.93. The van der Waals surface area contributed by atoms with Crippen LogP contribution in [0.25, 0.3) is 10.8 Å². The monoisotopic (exact) mass is 470 g/mol. The summed E-state index contributed by atoms with van der Waals surface area (Å²) in [6.07, 6.45) is 0. The Labute approximate surface area is 174 Å². The summed E-state index contributed by atoms with van der Waals surface area (Å²) in [7, 11) is -9.65. The lowest BCUT2D eigenvalue weighted by Crippen LogP contribution is -2.11. The summed E-state index contributed by atoms with van der Waals surface area (Å²) < 4.78 is 64.1. The molecule has 0 radical (unpaired) electrons. The largest absolute Gasteiger partial charge is 0.872 e. The molecule has 164 valence electrons. The minimum Gasteiger partial charge on any atom is -0.872 e. The zero-order valence-electron chi connectivity index (χ0n) is 15.0. The van der Waals surface area contributed by atoms with Gasteiger partial charge in [0.15, 0.2) is 4.90 Å². The van der Waals surface area contributed by atoms with Crippen molar-refractivity contribution >= 4 is 48.1 Å². The van der Waals surface area contributed by atoms with Crippen molar-refractivity contribution in [3.63, 3.8) is 0 Å². The molecular formula is C16H12N3O10S2-. The van der Waals surface area contributed by atoms with Crippen molar-refractivity contribution in [1.29, 1.82) is 0 Å². The number of phenols is 1.